The number of aromatic nitrogens is 3. The van der Waals surface area contributed by atoms with Crippen LogP contribution >= 0.6 is 11.8 Å². The van der Waals surface area contributed by atoms with Gasteiger partial charge in [-0.2, -0.15) is 0 Å². The second-order valence-corrected chi connectivity index (χ2v) is 4.69. The Bertz CT molecular complexity index is 583. The number of aryl methyl sites for hydroxylation is 1. The smallest absolute Gasteiger partial charge is 0.313 e. The fraction of sp³-hybridized carbons (Fsp3) is 0.250. The predicted molar refractivity (Wildman–Crippen MR) is 69.1 cm³/mol. The summed E-state index contributed by atoms with van der Waals surface area (Å²) in [6.07, 6.45) is 0.651. The van der Waals surface area contributed by atoms with Crippen molar-refractivity contribution in [2.45, 2.75) is 18.5 Å². The van der Waals surface area contributed by atoms with Crippen molar-refractivity contribution >= 4 is 17.7 Å². The summed E-state index contributed by atoms with van der Waals surface area (Å²) in [6.45, 7) is 1.93. The van der Waals surface area contributed by atoms with E-state index >= 15 is 0 Å². The van der Waals surface area contributed by atoms with Crippen LogP contribution < -0.4 is 0 Å². The minimum atomic E-state index is -0.920. The summed E-state index contributed by atoms with van der Waals surface area (Å²) in [5.74, 6) is -0.630. The molecule has 7 heteroatoms. The Hall–Kier alpha value is -1.89. The number of carboxylic acid groups (broad SMARTS) is 1. The first kappa shape index (κ1) is 13.5. The summed E-state index contributed by atoms with van der Waals surface area (Å²) < 4.78 is 14.7. The molecule has 0 fully saturated rings. The average molecular weight is 281 g/mol. The van der Waals surface area contributed by atoms with Gasteiger partial charge in [-0.1, -0.05) is 18.7 Å². The zero-order chi connectivity index (χ0) is 13.8. The van der Waals surface area contributed by atoms with Crippen LogP contribution in [0.25, 0.3) is 5.69 Å². The van der Waals surface area contributed by atoms with Gasteiger partial charge in [0.25, 0.3) is 0 Å². The van der Waals surface area contributed by atoms with Gasteiger partial charge in [-0.3, -0.25) is 9.36 Å². The Morgan fingerprint density at radius 2 is 2.05 bits per heavy atom. The molecule has 100 valence electrons. The molecule has 19 heavy (non-hydrogen) atoms. The second kappa shape index (κ2) is 5.83. The van der Waals surface area contributed by atoms with Crippen LogP contribution in [0.5, 0.6) is 0 Å². The third kappa shape index (κ3) is 3.11. The number of benzene rings is 1. The number of hydrogen-bond donors (Lipinski definition) is 1. The van der Waals surface area contributed by atoms with Crippen molar-refractivity contribution in [1.29, 1.82) is 0 Å². The minimum absolute atomic E-state index is 0.0942. The molecule has 0 amide bonds. The third-order valence-electron chi connectivity index (χ3n) is 2.43. The number of carboxylic acids is 1. The molecule has 2 rings (SSSR count). The molecule has 0 aliphatic rings. The molecular formula is C12H12FN3O2S. The van der Waals surface area contributed by atoms with E-state index in [1.165, 1.54) is 12.1 Å². The van der Waals surface area contributed by atoms with Crippen LogP contribution in [0.15, 0.2) is 29.4 Å². The van der Waals surface area contributed by atoms with Gasteiger partial charge in [0, 0.05) is 12.1 Å². The van der Waals surface area contributed by atoms with Crippen LogP contribution in [0.4, 0.5) is 4.39 Å². The lowest BCUT2D eigenvalue weighted by molar-refractivity contribution is -0.133. The molecular weight excluding hydrogens is 269 g/mol. The molecule has 5 nitrogen and oxygen atoms in total. The fourth-order valence-corrected chi connectivity index (χ4v) is 2.29. The fourth-order valence-electron chi connectivity index (χ4n) is 1.60. The van der Waals surface area contributed by atoms with E-state index in [0.29, 0.717) is 17.4 Å². The lowest BCUT2D eigenvalue weighted by atomic mass is 10.3. The Balaban J connectivity index is 2.38. The molecule has 0 aliphatic carbocycles. The summed E-state index contributed by atoms with van der Waals surface area (Å²) in [4.78, 5) is 10.6. The van der Waals surface area contributed by atoms with Crippen LogP contribution in [-0.4, -0.2) is 31.6 Å². The van der Waals surface area contributed by atoms with E-state index in [1.807, 2.05) is 6.92 Å². The predicted octanol–water partition coefficient (Wildman–Crippen LogP) is 2.15. The summed E-state index contributed by atoms with van der Waals surface area (Å²) in [6, 6.07) is 5.92. The topological polar surface area (TPSA) is 68.0 Å². The molecule has 0 unspecified atom stereocenters. The van der Waals surface area contributed by atoms with E-state index in [9.17, 15) is 9.18 Å². The zero-order valence-electron chi connectivity index (χ0n) is 10.2. The SMILES string of the molecule is CCc1nnc(SCC(=O)O)n1-c1ccc(F)cc1. The molecule has 1 N–H and O–H groups in total. The maximum atomic E-state index is 12.9. The van der Waals surface area contributed by atoms with Crippen molar-refractivity contribution in [1.82, 2.24) is 14.8 Å². The van der Waals surface area contributed by atoms with Gasteiger partial charge in [0.2, 0.25) is 0 Å². The molecule has 2 aromatic rings. The van der Waals surface area contributed by atoms with Crippen LogP contribution in [0.2, 0.25) is 0 Å². The summed E-state index contributed by atoms with van der Waals surface area (Å²) in [5, 5.41) is 17.2. The Kier molecular flexibility index (Phi) is 4.16. The molecule has 0 aliphatic heterocycles. The molecule has 0 saturated carbocycles. The number of thioether (sulfide) groups is 1. The maximum Gasteiger partial charge on any atom is 0.313 e. The van der Waals surface area contributed by atoms with Crippen molar-refractivity contribution in [3.8, 4) is 5.69 Å². The molecule has 0 atom stereocenters. The van der Waals surface area contributed by atoms with E-state index in [2.05, 4.69) is 10.2 Å². The summed E-state index contributed by atoms with van der Waals surface area (Å²) >= 11 is 1.09. The number of hydrogen-bond acceptors (Lipinski definition) is 4. The highest BCUT2D eigenvalue weighted by Gasteiger charge is 2.14. The Morgan fingerprint density at radius 3 is 2.63 bits per heavy atom. The van der Waals surface area contributed by atoms with Crippen molar-refractivity contribution in [3.05, 3.63) is 35.9 Å². The largest absolute Gasteiger partial charge is 0.481 e. The third-order valence-corrected chi connectivity index (χ3v) is 3.34. The number of halogens is 1. The van der Waals surface area contributed by atoms with E-state index in [0.717, 1.165) is 17.4 Å². The molecule has 1 heterocycles. The van der Waals surface area contributed by atoms with E-state index in [-0.39, 0.29) is 11.6 Å². The first-order valence-electron chi connectivity index (χ1n) is 5.66. The minimum Gasteiger partial charge on any atom is -0.481 e. The maximum absolute atomic E-state index is 12.9. The lowest BCUT2D eigenvalue weighted by Crippen LogP contribution is -2.04. The van der Waals surface area contributed by atoms with Crippen molar-refractivity contribution in [2.24, 2.45) is 0 Å². The van der Waals surface area contributed by atoms with Crippen molar-refractivity contribution < 1.29 is 14.3 Å². The van der Waals surface area contributed by atoms with Gasteiger partial charge in [0.15, 0.2) is 5.16 Å². The highest BCUT2D eigenvalue weighted by Crippen LogP contribution is 2.22. The second-order valence-electron chi connectivity index (χ2n) is 3.75. The van der Waals surface area contributed by atoms with Crippen LogP contribution in [0.3, 0.4) is 0 Å². The quantitative estimate of drug-likeness (QED) is 0.850. The number of carbonyl (C=O) groups is 1. The standard InChI is InChI=1S/C12H12FN3O2S/c1-2-10-14-15-12(19-7-11(17)18)16(10)9-5-3-8(13)4-6-9/h3-6H,2,7H2,1H3,(H,17,18). The van der Waals surface area contributed by atoms with E-state index in [4.69, 9.17) is 5.11 Å². The normalized spacial score (nSPS) is 10.6. The lowest BCUT2D eigenvalue weighted by Gasteiger charge is -2.08. The first-order chi connectivity index (χ1) is 9.11. The molecule has 1 aromatic heterocycles. The van der Waals surface area contributed by atoms with Crippen LogP contribution in [-0.2, 0) is 11.2 Å². The van der Waals surface area contributed by atoms with Crippen molar-refractivity contribution in [2.75, 3.05) is 5.75 Å². The van der Waals surface area contributed by atoms with Crippen molar-refractivity contribution in [3.63, 3.8) is 0 Å². The van der Waals surface area contributed by atoms with Gasteiger partial charge in [-0.15, -0.1) is 10.2 Å². The molecule has 0 radical (unpaired) electrons. The molecule has 0 spiro atoms. The highest BCUT2D eigenvalue weighted by atomic mass is 32.2. The van der Waals surface area contributed by atoms with Crippen LogP contribution in [0, 0.1) is 5.82 Å². The average Bonchev–Trinajstić information content (AvgIpc) is 2.80. The van der Waals surface area contributed by atoms with Gasteiger partial charge in [0.05, 0.1) is 5.75 Å². The molecule has 0 saturated heterocycles. The van der Waals surface area contributed by atoms with E-state index in [1.54, 1.807) is 16.7 Å². The first-order valence-corrected chi connectivity index (χ1v) is 6.65. The van der Waals surface area contributed by atoms with E-state index < -0.39 is 5.97 Å². The van der Waals surface area contributed by atoms with Gasteiger partial charge in [-0.05, 0) is 24.3 Å². The Morgan fingerprint density at radius 1 is 1.37 bits per heavy atom. The highest BCUT2D eigenvalue weighted by molar-refractivity contribution is 7.99. The monoisotopic (exact) mass is 281 g/mol. The van der Waals surface area contributed by atoms with Gasteiger partial charge in [0.1, 0.15) is 11.6 Å². The van der Waals surface area contributed by atoms with Gasteiger partial charge in [-0.25, -0.2) is 4.39 Å². The van der Waals surface area contributed by atoms with Gasteiger partial charge >= 0.3 is 5.97 Å². The van der Waals surface area contributed by atoms with Gasteiger partial charge < -0.3 is 5.11 Å². The number of aliphatic carboxylic acids is 1. The van der Waals surface area contributed by atoms with Crippen LogP contribution in [0.1, 0.15) is 12.7 Å². The molecule has 0 bridgehead atoms. The number of rotatable bonds is 5. The zero-order valence-corrected chi connectivity index (χ0v) is 11.0. The number of nitrogens with zero attached hydrogens (tertiary/aromatic N) is 3. The summed E-state index contributed by atoms with van der Waals surface area (Å²) in [7, 11) is 0. The Labute approximate surface area is 113 Å². The summed E-state index contributed by atoms with van der Waals surface area (Å²) in [5.41, 5.74) is 0.719. The molecule has 1 aromatic carbocycles.